The first-order valence-electron chi connectivity index (χ1n) is 6.43. The molecule has 0 aromatic carbocycles. The van der Waals surface area contributed by atoms with Crippen molar-refractivity contribution >= 4 is 23.2 Å². The van der Waals surface area contributed by atoms with E-state index in [1.54, 1.807) is 11.1 Å². The number of carboxylic acid groups (broad SMARTS) is 1. The molecule has 1 aromatic heterocycles. The molecular formula is C13H18N2O3S. The molecule has 1 amide bonds. The summed E-state index contributed by atoms with van der Waals surface area (Å²) in [6.45, 7) is 4.65. The van der Waals surface area contributed by atoms with Crippen molar-refractivity contribution < 1.29 is 14.7 Å². The summed E-state index contributed by atoms with van der Waals surface area (Å²) >= 11 is 1.35. The number of aryl methyl sites for hydroxylation is 1. The van der Waals surface area contributed by atoms with Gasteiger partial charge in [-0.05, 0) is 19.8 Å². The first-order chi connectivity index (χ1) is 8.98. The fourth-order valence-corrected chi connectivity index (χ4v) is 3.37. The second-order valence-electron chi connectivity index (χ2n) is 5.06. The Morgan fingerprint density at radius 1 is 1.58 bits per heavy atom. The zero-order chi connectivity index (χ0) is 14.0. The second-order valence-corrected chi connectivity index (χ2v) is 6.29. The highest BCUT2D eigenvalue weighted by Gasteiger charge is 2.45. The average Bonchev–Trinajstić information content (AvgIpc) is 2.96. The number of likely N-dealkylation sites (tertiary alicyclic amines) is 1. The molecule has 0 spiro atoms. The molecule has 0 bridgehead atoms. The lowest BCUT2D eigenvalue weighted by atomic mass is 9.83. The van der Waals surface area contributed by atoms with E-state index in [9.17, 15) is 14.7 Å². The number of aromatic nitrogens is 1. The van der Waals surface area contributed by atoms with Crippen LogP contribution in [0.1, 0.15) is 40.9 Å². The summed E-state index contributed by atoms with van der Waals surface area (Å²) in [4.78, 5) is 30.1. The Labute approximate surface area is 116 Å². The Balaban J connectivity index is 2.13. The number of carbonyl (C=O) groups is 2. The molecule has 1 aromatic rings. The number of nitrogens with zero attached hydrogens (tertiary/aromatic N) is 2. The number of aliphatic carboxylic acids is 1. The Morgan fingerprint density at radius 2 is 2.32 bits per heavy atom. The number of rotatable bonds is 4. The number of hydrogen-bond donors (Lipinski definition) is 1. The maximum Gasteiger partial charge on any atom is 0.311 e. The van der Waals surface area contributed by atoms with Gasteiger partial charge in [0.2, 0.25) is 0 Å². The molecule has 2 heterocycles. The lowest BCUT2D eigenvalue weighted by Gasteiger charge is -2.23. The highest BCUT2D eigenvalue weighted by molar-refractivity contribution is 7.13. The van der Waals surface area contributed by atoms with Gasteiger partial charge in [-0.3, -0.25) is 9.59 Å². The maximum absolute atomic E-state index is 12.3. The van der Waals surface area contributed by atoms with Crippen LogP contribution in [0, 0.1) is 12.3 Å². The number of hydrogen-bond acceptors (Lipinski definition) is 4. The van der Waals surface area contributed by atoms with Gasteiger partial charge < -0.3 is 10.0 Å². The van der Waals surface area contributed by atoms with Crippen molar-refractivity contribution in [2.75, 3.05) is 13.1 Å². The van der Waals surface area contributed by atoms with Crippen LogP contribution in [0.25, 0.3) is 0 Å². The molecule has 0 saturated carbocycles. The molecular weight excluding hydrogens is 264 g/mol. The smallest absolute Gasteiger partial charge is 0.311 e. The third kappa shape index (κ3) is 2.63. The van der Waals surface area contributed by atoms with Gasteiger partial charge in [-0.15, -0.1) is 11.3 Å². The van der Waals surface area contributed by atoms with E-state index < -0.39 is 11.4 Å². The molecule has 6 heteroatoms. The summed E-state index contributed by atoms with van der Waals surface area (Å²) in [5, 5.41) is 10.3. The molecule has 1 fully saturated rings. The molecule has 1 aliphatic rings. The molecule has 1 unspecified atom stereocenters. The Morgan fingerprint density at radius 3 is 2.84 bits per heavy atom. The number of carboxylic acids is 1. The van der Waals surface area contributed by atoms with Gasteiger partial charge in [-0.1, -0.05) is 13.3 Å². The molecule has 1 saturated heterocycles. The highest BCUT2D eigenvalue weighted by atomic mass is 32.1. The van der Waals surface area contributed by atoms with Gasteiger partial charge in [0, 0.05) is 13.1 Å². The van der Waals surface area contributed by atoms with E-state index in [0.717, 1.165) is 11.4 Å². The van der Waals surface area contributed by atoms with E-state index in [2.05, 4.69) is 4.98 Å². The van der Waals surface area contributed by atoms with Crippen LogP contribution in [-0.2, 0) is 4.79 Å². The number of carbonyl (C=O) groups excluding carboxylic acids is 1. The summed E-state index contributed by atoms with van der Waals surface area (Å²) in [5.41, 5.74) is -0.760. The van der Waals surface area contributed by atoms with Crippen LogP contribution in [-0.4, -0.2) is 40.0 Å². The van der Waals surface area contributed by atoms with E-state index in [1.165, 1.54) is 11.3 Å². The predicted octanol–water partition coefficient (Wildman–Crippen LogP) is 2.17. The molecule has 19 heavy (non-hydrogen) atoms. The quantitative estimate of drug-likeness (QED) is 0.918. The van der Waals surface area contributed by atoms with Crippen LogP contribution >= 0.6 is 11.3 Å². The lowest BCUT2D eigenvalue weighted by molar-refractivity contribution is -0.148. The summed E-state index contributed by atoms with van der Waals surface area (Å²) in [6, 6.07) is 0. The van der Waals surface area contributed by atoms with Crippen molar-refractivity contribution in [1.29, 1.82) is 0 Å². The lowest BCUT2D eigenvalue weighted by Crippen LogP contribution is -2.36. The number of thiazole rings is 1. The van der Waals surface area contributed by atoms with Crippen LogP contribution < -0.4 is 0 Å². The van der Waals surface area contributed by atoms with E-state index >= 15 is 0 Å². The number of amides is 1. The van der Waals surface area contributed by atoms with Crippen molar-refractivity contribution in [2.24, 2.45) is 5.41 Å². The minimum absolute atomic E-state index is 0.0928. The van der Waals surface area contributed by atoms with Gasteiger partial charge in [0.1, 0.15) is 4.88 Å². The summed E-state index contributed by atoms with van der Waals surface area (Å²) in [5.74, 6) is -0.880. The van der Waals surface area contributed by atoms with Crippen LogP contribution in [0.15, 0.2) is 6.20 Å². The third-order valence-electron chi connectivity index (χ3n) is 3.66. The van der Waals surface area contributed by atoms with E-state index in [1.807, 2.05) is 13.8 Å². The van der Waals surface area contributed by atoms with Crippen LogP contribution in [0.4, 0.5) is 0 Å². The maximum atomic E-state index is 12.3. The first kappa shape index (κ1) is 14.0. The minimum Gasteiger partial charge on any atom is -0.481 e. The molecule has 1 atom stereocenters. The van der Waals surface area contributed by atoms with Crippen molar-refractivity contribution in [1.82, 2.24) is 9.88 Å². The highest BCUT2D eigenvalue weighted by Crippen LogP contribution is 2.36. The van der Waals surface area contributed by atoms with Crippen molar-refractivity contribution in [2.45, 2.75) is 33.1 Å². The van der Waals surface area contributed by atoms with Crippen LogP contribution in [0.5, 0.6) is 0 Å². The average molecular weight is 282 g/mol. The third-order valence-corrected chi connectivity index (χ3v) is 4.56. The zero-order valence-electron chi connectivity index (χ0n) is 11.2. The monoisotopic (exact) mass is 282 g/mol. The largest absolute Gasteiger partial charge is 0.481 e. The Kier molecular flexibility index (Phi) is 3.89. The van der Waals surface area contributed by atoms with Gasteiger partial charge in [-0.25, -0.2) is 4.98 Å². The SMILES string of the molecule is CCCC1(C(=O)O)CCN(C(=O)c2cnc(C)s2)C1. The minimum atomic E-state index is -0.787. The van der Waals surface area contributed by atoms with Crippen molar-refractivity contribution in [3.05, 3.63) is 16.1 Å². The molecule has 1 aliphatic heterocycles. The van der Waals surface area contributed by atoms with Crippen molar-refractivity contribution in [3.63, 3.8) is 0 Å². The fourth-order valence-electron chi connectivity index (χ4n) is 2.63. The fraction of sp³-hybridized carbons (Fsp3) is 0.615. The van der Waals surface area contributed by atoms with Gasteiger partial charge in [0.05, 0.1) is 16.6 Å². The summed E-state index contributed by atoms with van der Waals surface area (Å²) < 4.78 is 0. The normalized spacial score (nSPS) is 22.7. The molecule has 1 N–H and O–H groups in total. The molecule has 104 valence electrons. The molecule has 5 nitrogen and oxygen atoms in total. The first-order valence-corrected chi connectivity index (χ1v) is 7.25. The van der Waals surface area contributed by atoms with Crippen molar-refractivity contribution in [3.8, 4) is 0 Å². The van der Waals surface area contributed by atoms with Gasteiger partial charge >= 0.3 is 5.97 Å². The summed E-state index contributed by atoms with van der Waals surface area (Å²) in [6.07, 6.45) is 3.55. The topological polar surface area (TPSA) is 70.5 Å². The van der Waals surface area contributed by atoms with Crippen LogP contribution in [0.3, 0.4) is 0 Å². The van der Waals surface area contributed by atoms with E-state index in [4.69, 9.17) is 0 Å². The standard InChI is InChI=1S/C13H18N2O3S/c1-3-4-13(12(17)18)5-6-15(8-13)11(16)10-7-14-9(2)19-10/h7H,3-6,8H2,1-2H3,(H,17,18). The van der Waals surface area contributed by atoms with Crippen LogP contribution in [0.2, 0.25) is 0 Å². The molecule has 0 aliphatic carbocycles. The Hall–Kier alpha value is -1.43. The van der Waals surface area contributed by atoms with E-state index in [-0.39, 0.29) is 5.91 Å². The van der Waals surface area contributed by atoms with Gasteiger partial charge in [0.15, 0.2) is 0 Å². The molecule has 2 rings (SSSR count). The predicted molar refractivity (Wildman–Crippen MR) is 72.3 cm³/mol. The zero-order valence-corrected chi connectivity index (χ0v) is 12.0. The van der Waals surface area contributed by atoms with Gasteiger partial charge in [-0.2, -0.15) is 0 Å². The molecule has 0 radical (unpaired) electrons. The second kappa shape index (κ2) is 5.28. The van der Waals surface area contributed by atoms with Gasteiger partial charge in [0.25, 0.3) is 5.91 Å². The van der Waals surface area contributed by atoms with E-state index in [0.29, 0.717) is 30.8 Å². The Bertz CT molecular complexity index is 500. The summed E-state index contributed by atoms with van der Waals surface area (Å²) in [7, 11) is 0.